The van der Waals surface area contributed by atoms with E-state index in [1.54, 1.807) is 12.1 Å². The van der Waals surface area contributed by atoms with Gasteiger partial charge in [0.05, 0.1) is 24.8 Å². The summed E-state index contributed by atoms with van der Waals surface area (Å²) < 4.78 is 4.82. The molecule has 2 aliphatic carbocycles. The van der Waals surface area contributed by atoms with Crippen LogP contribution in [-0.4, -0.2) is 24.2 Å². The second kappa shape index (κ2) is 7.13. The molecule has 5 nitrogen and oxygen atoms in total. The number of methoxy groups -OCH3 is 1. The number of piperidine rings is 1. The van der Waals surface area contributed by atoms with E-state index in [1.165, 1.54) is 7.11 Å². The van der Waals surface area contributed by atoms with E-state index in [0.29, 0.717) is 17.4 Å². The second-order valence-electron chi connectivity index (χ2n) is 8.57. The van der Waals surface area contributed by atoms with Crippen LogP contribution < -0.4 is 4.90 Å². The Morgan fingerprint density at radius 3 is 2.00 bits per heavy atom. The standard InChI is InChI=1S/C23H27N3O2/c1-28-21(27)17-8-10-20(11-9-17)26-22(15-24)12-4-2-6-18(22)14-19-7-3-5-13-23(19,26)16-25/h8-11,18-19H,2-7,12-14H2,1H3/t18-,19-,22-,23+/m1/s1. The Hall–Kier alpha value is -2.53. The van der Waals surface area contributed by atoms with E-state index in [-0.39, 0.29) is 5.97 Å². The molecule has 1 heterocycles. The van der Waals surface area contributed by atoms with Crippen LogP contribution in [0.2, 0.25) is 0 Å². The molecular formula is C23H27N3O2. The molecule has 4 atom stereocenters. The van der Waals surface area contributed by atoms with Gasteiger partial charge in [-0.3, -0.25) is 0 Å². The molecule has 1 aromatic rings. The number of fused-ring (bicyclic) bond motifs is 2. The van der Waals surface area contributed by atoms with E-state index < -0.39 is 11.1 Å². The lowest BCUT2D eigenvalue weighted by Crippen LogP contribution is -2.71. The van der Waals surface area contributed by atoms with Crippen molar-refractivity contribution < 1.29 is 9.53 Å². The molecule has 1 aliphatic heterocycles. The average Bonchev–Trinajstić information content (AvgIpc) is 2.76. The number of nitriles is 2. The molecule has 2 saturated carbocycles. The van der Waals surface area contributed by atoms with Crippen molar-refractivity contribution in [3.05, 3.63) is 29.8 Å². The molecule has 0 unspecified atom stereocenters. The van der Waals surface area contributed by atoms with Crippen molar-refractivity contribution in [1.82, 2.24) is 0 Å². The van der Waals surface area contributed by atoms with E-state index >= 15 is 0 Å². The lowest BCUT2D eigenvalue weighted by atomic mass is 9.57. The maximum Gasteiger partial charge on any atom is 0.337 e. The Balaban J connectivity index is 1.86. The molecule has 28 heavy (non-hydrogen) atoms. The highest BCUT2D eigenvalue weighted by molar-refractivity contribution is 5.89. The Morgan fingerprint density at radius 1 is 1.00 bits per heavy atom. The van der Waals surface area contributed by atoms with Crippen LogP contribution in [0, 0.1) is 34.5 Å². The molecule has 0 amide bonds. The third-order valence-corrected chi connectivity index (χ3v) is 7.37. The Labute approximate surface area is 166 Å². The van der Waals surface area contributed by atoms with E-state index in [4.69, 9.17) is 4.74 Å². The van der Waals surface area contributed by atoms with Crippen LogP contribution in [-0.2, 0) is 4.74 Å². The zero-order valence-electron chi connectivity index (χ0n) is 16.5. The van der Waals surface area contributed by atoms with Gasteiger partial charge in [0.15, 0.2) is 0 Å². The topological polar surface area (TPSA) is 77.1 Å². The maximum atomic E-state index is 11.9. The van der Waals surface area contributed by atoms with Gasteiger partial charge >= 0.3 is 5.97 Å². The number of hydrogen-bond acceptors (Lipinski definition) is 5. The number of carbonyl (C=O) groups excluding carboxylic acids is 1. The third kappa shape index (κ3) is 2.60. The van der Waals surface area contributed by atoms with Crippen molar-refractivity contribution in [2.45, 2.75) is 68.9 Å². The molecule has 0 radical (unpaired) electrons. The normalized spacial score (nSPS) is 34.3. The van der Waals surface area contributed by atoms with Crippen LogP contribution >= 0.6 is 0 Å². The maximum absolute atomic E-state index is 11.9. The van der Waals surface area contributed by atoms with E-state index in [9.17, 15) is 15.3 Å². The summed E-state index contributed by atoms with van der Waals surface area (Å²) in [7, 11) is 1.37. The highest BCUT2D eigenvalue weighted by atomic mass is 16.5. The van der Waals surface area contributed by atoms with Crippen LogP contribution in [0.15, 0.2) is 24.3 Å². The lowest BCUT2D eigenvalue weighted by Gasteiger charge is -2.62. The summed E-state index contributed by atoms with van der Waals surface area (Å²) >= 11 is 0. The van der Waals surface area contributed by atoms with E-state index in [2.05, 4.69) is 17.0 Å². The fourth-order valence-electron chi connectivity index (χ4n) is 6.09. The quantitative estimate of drug-likeness (QED) is 0.705. The Morgan fingerprint density at radius 2 is 1.54 bits per heavy atom. The predicted molar refractivity (Wildman–Crippen MR) is 105 cm³/mol. The van der Waals surface area contributed by atoms with Crippen LogP contribution in [0.4, 0.5) is 5.69 Å². The highest BCUT2D eigenvalue weighted by Gasteiger charge is 2.61. The largest absolute Gasteiger partial charge is 0.465 e. The van der Waals surface area contributed by atoms with Gasteiger partial charge in [0.2, 0.25) is 0 Å². The smallest absolute Gasteiger partial charge is 0.337 e. The molecule has 3 aliphatic rings. The van der Waals surface area contributed by atoms with Crippen LogP contribution in [0.25, 0.3) is 0 Å². The first-order valence-corrected chi connectivity index (χ1v) is 10.4. The number of ether oxygens (including phenoxy) is 1. The summed E-state index contributed by atoms with van der Waals surface area (Å²) in [5.74, 6) is 0.230. The van der Waals surface area contributed by atoms with Crippen molar-refractivity contribution in [3.8, 4) is 12.1 Å². The summed E-state index contributed by atoms with van der Waals surface area (Å²) in [5.41, 5.74) is 0.110. The first-order chi connectivity index (χ1) is 13.6. The van der Waals surface area contributed by atoms with Gasteiger partial charge in [0.1, 0.15) is 11.1 Å². The minimum atomic E-state index is -0.630. The first kappa shape index (κ1) is 18.8. The minimum absolute atomic E-state index is 0.302. The highest BCUT2D eigenvalue weighted by Crippen LogP contribution is 2.57. The molecule has 0 N–H and O–H groups in total. The van der Waals surface area contributed by atoms with Gasteiger partial charge in [-0.25, -0.2) is 4.79 Å². The Bertz CT molecular complexity index is 797. The van der Waals surface area contributed by atoms with Crippen LogP contribution in [0.3, 0.4) is 0 Å². The molecule has 146 valence electrons. The summed E-state index contributed by atoms with van der Waals surface area (Å²) in [6, 6.07) is 12.7. The molecule has 0 bridgehead atoms. The zero-order valence-corrected chi connectivity index (χ0v) is 16.5. The van der Waals surface area contributed by atoms with Crippen molar-refractivity contribution >= 4 is 11.7 Å². The van der Waals surface area contributed by atoms with Crippen LogP contribution in [0.1, 0.15) is 68.1 Å². The van der Waals surface area contributed by atoms with E-state index in [1.807, 2.05) is 12.1 Å². The molecule has 1 saturated heterocycles. The van der Waals surface area contributed by atoms with Gasteiger partial charge in [-0.1, -0.05) is 25.7 Å². The number of rotatable bonds is 2. The fourth-order valence-corrected chi connectivity index (χ4v) is 6.09. The molecule has 3 fully saturated rings. The number of hydrogen-bond donors (Lipinski definition) is 0. The van der Waals surface area contributed by atoms with Gasteiger partial charge in [-0.05, 0) is 68.2 Å². The summed E-state index contributed by atoms with van der Waals surface area (Å²) in [6.45, 7) is 0. The third-order valence-electron chi connectivity index (χ3n) is 7.37. The van der Waals surface area contributed by atoms with Crippen molar-refractivity contribution in [3.63, 3.8) is 0 Å². The number of esters is 1. The molecule has 4 rings (SSSR count). The molecular weight excluding hydrogens is 350 g/mol. The molecule has 5 heteroatoms. The van der Waals surface area contributed by atoms with Crippen molar-refractivity contribution in [2.24, 2.45) is 11.8 Å². The monoisotopic (exact) mass is 377 g/mol. The number of carbonyl (C=O) groups is 1. The van der Waals surface area contributed by atoms with Gasteiger partial charge in [-0.15, -0.1) is 0 Å². The van der Waals surface area contributed by atoms with Gasteiger partial charge in [0.25, 0.3) is 0 Å². The van der Waals surface area contributed by atoms with Crippen molar-refractivity contribution in [1.29, 1.82) is 10.5 Å². The summed E-state index contributed by atoms with van der Waals surface area (Å²) in [6.07, 6.45) is 9.08. The first-order valence-electron chi connectivity index (χ1n) is 10.4. The minimum Gasteiger partial charge on any atom is -0.465 e. The molecule has 0 spiro atoms. The predicted octanol–water partition coefficient (Wildman–Crippen LogP) is 4.59. The lowest BCUT2D eigenvalue weighted by molar-refractivity contribution is 0.0599. The zero-order chi connectivity index (χ0) is 19.8. The number of benzene rings is 1. The van der Waals surface area contributed by atoms with Crippen molar-refractivity contribution in [2.75, 3.05) is 12.0 Å². The number of anilines is 1. The van der Waals surface area contributed by atoms with Crippen LogP contribution in [0.5, 0.6) is 0 Å². The van der Waals surface area contributed by atoms with Gasteiger partial charge in [-0.2, -0.15) is 10.5 Å². The van der Waals surface area contributed by atoms with Gasteiger partial charge in [0, 0.05) is 5.69 Å². The number of nitrogens with zero attached hydrogens (tertiary/aromatic N) is 3. The molecule has 1 aromatic carbocycles. The SMILES string of the molecule is COC(=O)c1ccc(N2[C@@]3(C#N)CCCC[C@@H]3C[C@H]3CCCC[C@]32C#N)cc1. The van der Waals surface area contributed by atoms with Gasteiger partial charge < -0.3 is 9.64 Å². The van der Waals surface area contributed by atoms with E-state index in [0.717, 1.165) is 63.5 Å². The average molecular weight is 377 g/mol. The second-order valence-corrected chi connectivity index (χ2v) is 8.57. The molecule has 0 aromatic heterocycles. The summed E-state index contributed by atoms with van der Waals surface area (Å²) in [5, 5.41) is 20.8. The summed E-state index contributed by atoms with van der Waals surface area (Å²) in [4.78, 5) is 14.0. The fraction of sp³-hybridized carbons (Fsp3) is 0.609. The Kier molecular flexibility index (Phi) is 4.79.